The van der Waals surface area contributed by atoms with Crippen molar-refractivity contribution >= 4 is 46.2 Å². The van der Waals surface area contributed by atoms with Crippen molar-refractivity contribution in [3.63, 3.8) is 0 Å². The van der Waals surface area contributed by atoms with Crippen LogP contribution >= 0.6 is 0 Å². The molecular formula is C23H23FN8O2. The van der Waals surface area contributed by atoms with E-state index in [2.05, 4.69) is 25.8 Å². The van der Waals surface area contributed by atoms with Crippen molar-refractivity contribution in [1.82, 2.24) is 20.5 Å². The number of benzene rings is 1. The quantitative estimate of drug-likeness (QED) is 0.527. The molecule has 3 N–H and O–H groups in total. The Hall–Kier alpha value is -4.28. The molecule has 2 aliphatic heterocycles. The number of carbonyl (C=O) groups excluding carboxylic acids is 2. The Balaban J connectivity index is 1.54. The van der Waals surface area contributed by atoms with E-state index in [0.717, 1.165) is 24.0 Å². The van der Waals surface area contributed by atoms with Gasteiger partial charge in [-0.25, -0.2) is 9.37 Å². The summed E-state index contributed by atoms with van der Waals surface area (Å²) >= 11 is 0. The molecule has 10 nitrogen and oxygen atoms in total. The van der Waals surface area contributed by atoms with E-state index >= 15 is 0 Å². The highest BCUT2D eigenvalue weighted by Crippen LogP contribution is 2.44. The van der Waals surface area contributed by atoms with Gasteiger partial charge in [0, 0.05) is 37.2 Å². The van der Waals surface area contributed by atoms with Crippen molar-refractivity contribution in [2.75, 3.05) is 41.0 Å². The van der Waals surface area contributed by atoms with E-state index in [9.17, 15) is 14.0 Å². The lowest BCUT2D eigenvalue weighted by atomic mass is 10.1. The van der Waals surface area contributed by atoms with Crippen LogP contribution < -0.4 is 25.8 Å². The smallest absolute Gasteiger partial charge is 0.273 e. The zero-order valence-electron chi connectivity index (χ0n) is 21.2. The molecule has 2 amide bonds. The number of rotatable bonds is 5. The predicted molar refractivity (Wildman–Crippen MR) is 126 cm³/mol. The number of anilines is 6. The van der Waals surface area contributed by atoms with Gasteiger partial charge in [0.1, 0.15) is 11.6 Å². The van der Waals surface area contributed by atoms with E-state index in [4.69, 9.17) is 4.11 Å². The number of halogens is 1. The lowest BCUT2D eigenvalue weighted by molar-refractivity contribution is -0.117. The molecule has 1 aromatic carbocycles. The van der Waals surface area contributed by atoms with Crippen molar-refractivity contribution in [3.8, 4) is 0 Å². The van der Waals surface area contributed by atoms with Crippen LogP contribution in [0.1, 0.15) is 27.4 Å². The minimum absolute atomic E-state index is 0.0538. The Labute approximate surface area is 199 Å². The van der Waals surface area contributed by atoms with Gasteiger partial charge in [-0.2, -0.15) is 0 Å². The Morgan fingerprint density at radius 2 is 2.06 bits per heavy atom. The largest absolute Gasteiger partial charge is 0.369 e. The van der Waals surface area contributed by atoms with Crippen LogP contribution in [0.3, 0.4) is 0 Å². The fourth-order valence-corrected chi connectivity index (χ4v) is 4.38. The number of hydrogen-bond acceptors (Lipinski definition) is 8. The van der Waals surface area contributed by atoms with E-state index < -0.39 is 18.7 Å². The summed E-state index contributed by atoms with van der Waals surface area (Å²) < 4.78 is 35.4. The third-order valence-corrected chi connectivity index (χ3v) is 5.84. The number of fused-ring (bicyclic) bond motifs is 3. The zero-order chi connectivity index (χ0) is 26.3. The van der Waals surface area contributed by atoms with Crippen LogP contribution in [0.5, 0.6) is 0 Å². The molecule has 3 aromatic rings. The molecule has 11 heteroatoms. The van der Waals surface area contributed by atoms with Crippen LogP contribution in [0.15, 0.2) is 42.6 Å². The van der Waals surface area contributed by atoms with Crippen molar-refractivity contribution in [3.05, 3.63) is 54.1 Å². The lowest BCUT2D eigenvalue weighted by Gasteiger charge is -2.39. The zero-order valence-corrected chi connectivity index (χ0v) is 18.2. The minimum Gasteiger partial charge on any atom is -0.369 e. The first-order valence-corrected chi connectivity index (χ1v) is 10.6. The average molecular weight is 466 g/mol. The van der Waals surface area contributed by atoms with Crippen LogP contribution in [0.25, 0.3) is 0 Å². The number of nitrogens with one attached hydrogen (secondary N) is 3. The molecule has 1 fully saturated rings. The Bertz CT molecular complexity index is 1370. The second kappa shape index (κ2) is 8.58. The standard InChI is InChI=1S/C23H23FN8O2/c1-25-23(34)21-16(10-19(29-30-21)28-18-8-6-13(24)11-26-18)27-15-4-3-5-17-22(15)31(2)12-14-7-9-20(33)32(14)17/h3-6,8,10-11,14H,7,9,12H2,1-2H3,(H,25,34)(H2,26,27,28,29)/t14-/m0/s1/i1D3. The molecule has 1 atom stereocenters. The van der Waals surface area contributed by atoms with Crippen molar-refractivity contribution in [1.29, 1.82) is 0 Å². The van der Waals surface area contributed by atoms with Crippen molar-refractivity contribution in [2.24, 2.45) is 0 Å². The molecule has 2 aromatic heterocycles. The van der Waals surface area contributed by atoms with Gasteiger partial charge < -0.3 is 25.8 Å². The number of pyridine rings is 1. The summed E-state index contributed by atoms with van der Waals surface area (Å²) in [5, 5.41) is 15.9. The molecule has 0 spiro atoms. The first-order valence-electron chi connectivity index (χ1n) is 12.1. The molecule has 5 rings (SSSR count). The van der Waals surface area contributed by atoms with Gasteiger partial charge in [-0.15, -0.1) is 10.2 Å². The number of amides is 2. The topological polar surface area (TPSA) is 115 Å². The monoisotopic (exact) mass is 465 g/mol. The van der Waals surface area contributed by atoms with Crippen LogP contribution in [0, 0.1) is 5.82 Å². The summed E-state index contributed by atoms with van der Waals surface area (Å²) in [6, 6.07) is 9.63. The van der Waals surface area contributed by atoms with Gasteiger partial charge >= 0.3 is 0 Å². The van der Waals surface area contributed by atoms with E-state index in [1.165, 1.54) is 18.2 Å². The van der Waals surface area contributed by atoms with Crippen molar-refractivity contribution in [2.45, 2.75) is 18.9 Å². The molecule has 1 saturated heterocycles. The summed E-state index contributed by atoms with van der Waals surface area (Å²) in [4.78, 5) is 33.1. The highest BCUT2D eigenvalue weighted by molar-refractivity contribution is 6.04. The maximum absolute atomic E-state index is 13.2. The van der Waals surface area contributed by atoms with E-state index in [1.54, 1.807) is 17.0 Å². The number of nitrogens with zero attached hydrogens (tertiary/aromatic N) is 5. The highest BCUT2D eigenvalue weighted by atomic mass is 19.1. The molecule has 174 valence electrons. The fourth-order valence-electron chi connectivity index (χ4n) is 4.38. The normalized spacial score (nSPS) is 18.4. The Kier molecular flexibility index (Phi) is 4.59. The number of carbonyl (C=O) groups is 2. The van der Waals surface area contributed by atoms with Crippen LogP contribution in [-0.4, -0.2) is 53.6 Å². The maximum atomic E-state index is 13.2. The average Bonchev–Trinajstić information content (AvgIpc) is 3.20. The number of hydrogen-bond donors (Lipinski definition) is 3. The Morgan fingerprint density at radius 1 is 1.18 bits per heavy atom. The fraction of sp³-hybridized carbons (Fsp3) is 0.261. The van der Waals surface area contributed by atoms with E-state index in [-0.39, 0.29) is 35.0 Å². The highest BCUT2D eigenvalue weighted by Gasteiger charge is 2.39. The first kappa shape index (κ1) is 18.2. The van der Waals surface area contributed by atoms with E-state index in [0.29, 0.717) is 18.7 Å². The Morgan fingerprint density at radius 3 is 2.85 bits per heavy atom. The number of aromatic nitrogens is 3. The lowest BCUT2D eigenvalue weighted by Crippen LogP contribution is -2.46. The predicted octanol–water partition coefficient (Wildman–Crippen LogP) is 2.80. The van der Waals surface area contributed by atoms with Gasteiger partial charge in [0.2, 0.25) is 5.91 Å². The SMILES string of the molecule is [2H]C([2H])([2H])NC(=O)c1nnc(Nc2ccc(F)cn2)cc1Nc1cccc2c1N(C)C[C@@H]1CCC(=O)N21. The summed E-state index contributed by atoms with van der Waals surface area (Å²) in [7, 11) is 1.92. The summed E-state index contributed by atoms with van der Waals surface area (Å²) in [5.74, 6) is -0.934. The molecule has 4 heterocycles. The molecule has 0 saturated carbocycles. The molecule has 0 bridgehead atoms. The van der Waals surface area contributed by atoms with Gasteiger partial charge in [0.05, 0.1) is 35.0 Å². The van der Waals surface area contributed by atoms with E-state index in [1.807, 2.05) is 23.3 Å². The molecule has 0 aliphatic carbocycles. The third-order valence-electron chi connectivity index (χ3n) is 5.84. The van der Waals surface area contributed by atoms with Crippen LogP contribution in [-0.2, 0) is 4.79 Å². The van der Waals surface area contributed by atoms with Crippen LogP contribution in [0.2, 0.25) is 0 Å². The van der Waals surface area contributed by atoms with Gasteiger partial charge in [-0.1, -0.05) is 6.07 Å². The summed E-state index contributed by atoms with van der Waals surface area (Å²) in [6.07, 6.45) is 2.29. The third kappa shape index (κ3) is 3.85. The molecule has 0 unspecified atom stereocenters. The molecule has 34 heavy (non-hydrogen) atoms. The second-order valence-electron chi connectivity index (χ2n) is 8.07. The molecule has 0 radical (unpaired) electrons. The molecule has 2 aliphatic rings. The van der Waals surface area contributed by atoms with Gasteiger partial charge in [0.15, 0.2) is 11.5 Å². The number of likely N-dealkylation sites (N-methyl/N-ethyl adjacent to an activating group) is 1. The summed E-state index contributed by atoms with van der Waals surface area (Å²) in [6.45, 7) is -2.09. The summed E-state index contributed by atoms with van der Waals surface area (Å²) in [5.41, 5.74) is 2.00. The van der Waals surface area contributed by atoms with Gasteiger partial charge in [-0.3, -0.25) is 9.59 Å². The van der Waals surface area contributed by atoms with Gasteiger partial charge in [0.25, 0.3) is 5.91 Å². The second-order valence-corrected chi connectivity index (χ2v) is 8.07. The number of para-hydroxylation sites is 1. The molecular weight excluding hydrogens is 439 g/mol. The maximum Gasteiger partial charge on any atom is 0.273 e. The first-order chi connectivity index (χ1) is 17.6. The van der Waals surface area contributed by atoms with Gasteiger partial charge in [-0.05, 0) is 30.7 Å². The minimum atomic E-state index is -2.73. The van der Waals surface area contributed by atoms with Crippen molar-refractivity contribution < 1.29 is 18.1 Å². The van der Waals surface area contributed by atoms with Crippen LogP contribution in [0.4, 0.5) is 38.8 Å².